The molecule has 0 heterocycles. The predicted octanol–water partition coefficient (Wildman–Crippen LogP) is 3.93. The lowest BCUT2D eigenvalue weighted by Crippen LogP contribution is -2.09. The third kappa shape index (κ3) is 5.01. The zero-order chi connectivity index (χ0) is 11.1. The van der Waals surface area contributed by atoms with E-state index in [2.05, 4.69) is 28.1 Å². The fourth-order valence-corrected chi connectivity index (χ4v) is 2.15. The molecular weight excluding hydrogens is 275 g/mol. The van der Waals surface area contributed by atoms with Gasteiger partial charge < -0.3 is 4.74 Å². The third-order valence-electron chi connectivity index (χ3n) is 2.39. The van der Waals surface area contributed by atoms with Crippen LogP contribution in [0.3, 0.4) is 0 Å². The summed E-state index contributed by atoms with van der Waals surface area (Å²) in [5.74, 6) is 0.631. The Morgan fingerprint density at radius 3 is 2.53 bits per heavy atom. The molecule has 1 aromatic rings. The molecule has 1 unspecified atom stereocenters. The van der Waals surface area contributed by atoms with Gasteiger partial charge in [0.05, 0.1) is 0 Å². The van der Waals surface area contributed by atoms with Crippen molar-refractivity contribution in [1.82, 2.24) is 0 Å². The van der Waals surface area contributed by atoms with Crippen LogP contribution in [0.15, 0.2) is 24.3 Å². The van der Waals surface area contributed by atoms with Crippen LogP contribution in [0.1, 0.15) is 12.0 Å². The summed E-state index contributed by atoms with van der Waals surface area (Å²) in [6.07, 6.45) is 2.16. The molecule has 1 nitrogen and oxygen atoms in total. The molecule has 0 aromatic heterocycles. The van der Waals surface area contributed by atoms with E-state index in [1.807, 2.05) is 12.1 Å². The SMILES string of the molecule is COCCC(CBr)Cc1ccc(Cl)cc1. The van der Waals surface area contributed by atoms with Gasteiger partial charge in [0, 0.05) is 24.1 Å². The third-order valence-corrected chi connectivity index (χ3v) is 3.55. The molecule has 0 saturated carbocycles. The highest BCUT2D eigenvalue weighted by Gasteiger charge is 2.07. The summed E-state index contributed by atoms with van der Waals surface area (Å²) in [4.78, 5) is 0. The van der Waals surface area contributed by atoms with Crippen molar-refractivity contribution in [1.29, 1.82) is 0 Å². The number of alkyl halides is 1. The summed E-state index contributed by atoms with van der Waals surface area (Å²) in [5.41, 5.74) is 1.33. The van der Waals surface area contributed by atoms with E-state index in [4.69, 9.17) is 16.3 Å². The molecule has 0 radical (unpaired) electrons. The molecule has 0 bridgehead atoms. The molecule has 1 atom stereocenters. The summed E-state index contributed by atoms with van der Waals surface area (Å²) in [6, 6.07) is 8.06. The first kappa shape index (κ1) is 13.0. The standard InChI is InChI=1S/C12H16BrClO/c1-15-7-6-11(9-13)8-10-2-4-12(14)5-3-10/h2-5,11H,6-9H2,1H3. The second kappa shape index (κ2) is 7.26. The van der Waals surface area contributed by atoms with Crippen molar-refractivity contribution >= 4 is 27.5 Å². The van der Waals surface area contributed by atoms with Gasteiger partial charge in [-0.05, 0) is 36.5 Å². The number of benzene rings is 1. The average molecular weight is 292 g/mol. The first-order valence-electron chi connectivity index (χ1n) is 5.05. The van der Waals surface area contributed by atoms with E-state index in [1.165, 1.54) is 5.56 Å². The summed E-state index contributed by atoms with van der Waals surface area (Å²) >= 11 is 9.37. The van der Waals surface area contributed by atoms with Crippen molar-refractivity contribution < 1.29 is 4.74 Å². The molecular formula is C12H16BrClO. The van der Waals surface area contributed by atoms with Crippen molar-refractivity contribution in [3.63, 3.8) is 0 Å². The lowest BCUT2D eigenvalue weighted by molar-refractivity contribution is 0.181. The molecule has 0 aliphatic rings. The first-order chi connectivity index (χ1) is 7.26. The topological polar surface area (TPSA) is 9.23 Å². The van der Waals surface area contributed by atoms with Crippen LogP contribution in [-0.4, -0.2) is 19.0 Å². The van der Waals surface area contributed by atoms with Crippen molar-refractivity contribution in [3.05, 3.63) is 34.9 Å². The summed E-state index contributed by atoms with van der Waals surface area (Å²) in [7, 11) is 1.74. The van der Waals surface area contributed by atoms with Gasteiger partial charge in [0.25, 0.3) is 0 Å². The maximum atomic E-state index is 5.84. The average Bonchev–Trinajstić information content (AvgIpc) is 2.27. The monoisotopic (exact) mass is 290 g/mol. The molecule has 1 aromatic carbocycles. The first-order valence-corrected chi connectivity index (χ1v) is 6.55. The van der Waals surface area contributed by atoms with E-state index >= 15 is 0 Å². The van der Waals surface area contributed by atoms with Crippen molar-refractivity contribution in [2.75, 3.05) is 19.0 Å². The lowest BCUT2D eigenvalue weighted by Gasteiger charge is -2.13. The molecule has 0 N–H and O–H groups in total. The number of halogens is 2. The minimum atomic E-state index is 0.631. The Hall–Kier alpha value is -0.0500. The second-order valence-corrected chi connectivity index (χ2v) is 4.72. The minimum absolute atomic E-state index is 0.631. The highest BCUT2D eigenvalue weighted by atomic mass is 79.9. The van der Waals surface area contributed by atoms with Gasteiger partial charge in [-0.25, -0.2) is 0 Å². The Morgan fingerprint density at radius 1 is 1.33 bits per heavy atom. The molecule has 0 aliphatic heterocycles. The summed E-state index contributed by atoms with van der Waals surface area (Å²) < 4.78 is 5.09. The van der Waals surface area contributed by atoms with Crippen LogP contribution in [0, 0.1) is 5.92 Å². The zero-order valence-corrected chi connectivity index (χ0v) is 11.2. The van der Waals surface area contributed by atoms with E-state index in [0.29, 0.717) is 5.92 Å². The number of hydrogen-bond donors (Lipinski definition) is 0. The Labute approximate surface area is 105 Å². The van der Waals surface area contributed by atoms with Gasteiger partial charge in [0.15, 0.2) is 0 Å². The number of hydrogen-bond acceptors (Lipinski definition) is 1. The zero-order valence-electron chi connectivity index (χ0n) is 8.88. The highest BCUT2D eigenvalue weighted by molar-refractivity contribution is 9.09. The maximum Gasteiger partial charge on any atom is 0.0465 e. The van der Waals surface area contributed by atoms with Crippen LogP contribution in [0.2, 0.25) is 5.02 Å². The Balaban J connectivity index is 2.47. The molecule has 1 rings (SSSR count). The molecule has 0 saturated heterocycles. The van der Waals surface area contributed by atoms with E-state index in [9.17, 15) is 0 Å². The van der Waals surface area contributed by atoms with Gasteiger partial charge in [-0.1, -0.05) is 39.7 Å². The number of ether oxygens (including phenoxy) is 1. The molecule has 3 heteroatoms. The van der Waals surface area contributed by atoms with E-state index in [0.717, 1.165) is 29.8 Å². The van der Waals surface area contributed by atoms with E-state index < -0.39 is 0 Å². The Kier molecular flexibility index (Phi) is 6.30. The molecule has 0 fully saturated rings. The summed E-state index contributed by atoms with van der Waals surface area (Å²) in [6.45, 7) is 0.823. The fourth-order valence-electron chi connectivity index (χ4n) is 1.47. The number of methoxy groups -OCH3 is 1. The van der Waals surface area contributed by atoms with Crippen LogP contribution in [-0.2, 0) is 11.2 Å². The summed E-state index contributed by atoms with van der Waals surface area (Å²) in [5, 5.41) is 1.81. The van der Waals surface area contributed by atoms with Gasteiger partial charge in [0.2, 0.25) is 0 Å². The van der Waals surface area contributed by atoms with Gasteiger partial charge >= 0.3 is 0 Å². The second-order valence-electron chi connectivity index (χ2n) is 3.63. The Bertz CT molecular complexity index is 273. The minimum Gasteiger partial charge on any atom is -0.385 e. The smallest absolute Gasteiger partial charge is 0.0465 e. The fraction of sp³-hybridized carbons (Fsp3) is 0.500. The van der Waals surface area contributed by atoms with Crippen LogP contribution >= 0.6 is 27.5 Å². The van der Waals surface area contributed by atoms with E-state index in [-0.39, 0.29) is 0 Å². The van der Waals surface area contributed by atoms with Crippen molar-refractivity contribution in [2.45, 2.75) is 12.8 Å². The van der Waals surface area contributed by atoms with Gasteiger partial charge in [-0.15, -0.1) is 0 Å². The van der Waals surface area contributed by atoms with E-state index in [1.54, 1.807) is 7.11 Å². The van der Waals surface area contributed by atoms with Crippen molar-refractivity contribution in [3.8, 4) is 0 Å². The van der Waals surface area contributed by atoms with Crippen LogP contribution < -0.4 is 0 Å². The molecule has 0 aliphatic carbocycles. The van der Waals surface area contributed by atoms with Crippen molar-refractivity contribution in [2.24, 2.45) is 5.92 Å². The van der Waals surface area contributed by atoms with Crippen LogP contribution in [0.5, 0.6) is 0 Å². The number of rotatable bonds is 6. The largest absolute Gasteiger partial charge is 0.385 e. The molecule has 15 heavy (non-hydrogen) atoms. The van der Waals surface area contributed by atoms with Gasteiger partial charge in [-0.2, -0.15) is 0 Å². The Morgan fingerprint density at radius 2 is 2.00 bits per heavy atom. The quantitative estimate of drug-likeness (QED) is 0.722. The van der Waals surface area contributed by atoms with Crippen LogP contribution in [0.4, 0.5) is 0 Å². The van der Waals surface area contributed by atoms with Gasteiger partial charge in [0.1, 0.15) is 0 Å². The molecule has 0 amide bonds. The van der Waals surface area contributed by atoms with Gasteiger partial charge in [-0.3, -0.25) is 0 Å². The lowest BCUT2D eigenvalue weighted by atomic mass is 9.98. The van der Waals surface area contributed by atoms with Crippen LogP contribution in [0.25, 0.3) is 0 Å². The highest BCUT2D eigenvalue weighted by Crippen LogP contribution is 2.17. The predicted molar refractivity (Wildman–Crippen MR) is 68.9 cm³/mol. The molecule has 84 valence electrons. The normalized spacial score (nSPS) is 12.7. The maximum absolute atomic E-state index is 5.84. The molecule has 0 spiro atoms.